The number of benzene rings is 2. The molecule has 1 aliphatic carbocycles. The lowest BCUT2D eigenvalue weighted by Gasteiger charge is -2.37. The Labute approximate surface area is 226 Å². The number of ether oxygens (including phenoxy) is 1. The van der Waals surface area contributed by atoms with E-state index in [2.05, 4.69) is 70.8 Å². The van der Waals surface area contributed by atoms with Crippen molar-refractivity contribution < 1.29 is 13.5 Å². The van der Waals surface area contributed by atoms with E-state index < -0.39 is 5.92 Å². The van der Waals surface area contributed by atoms with Gasteiger partial charge in [-0.05, 0) is 68.0 Å². The fourth-order valence-electron chi connectivity index (χ4n) is 5.92. The number of rotatable bonds is 2. The first kappa shape index (κ1) is 25.4. The summed E-state index contributed by atoms with van der Waals surface area (Å²) in [5, 5.41) is 0. The van der Waals surface area contributed by atoms with Gasteiger partial charge in [0.2, 0.25) is 17.8 Å². The molecule has 2 aromatic carbocycles. The van der Waals surface area contributed by atoms with Crippen LogP contribution in [-0.2, 0) is 0 Å². The molecule has 6 nitrogen and oxygen atoms in total. The van der Waals surface area contributed by atoms with E-state index in [4.69, 9.17) is 14.7 Å². The molecule has 0 radical (unpaired) electrons. The second-order valence-electron chi connectivity index (χ2n) is 10.7. The van der Waals surface area contributed by atoms with E-state index in [9.17, 15) is 8.78 Å². The van der Waals surface area contributed by atoms with E-state index in [1.807, 2.05) is 6.07 Å². The lowest BCUT2D eigenvalue weighted by molar-refractivity contribution is -0.0552. The molecule has 9 heteroatoms. The number of aromatic nitrogens is 2. The third-order valence-electron chi connectivity index (χ3n) is 7.89. The monoisotopic (exact) mass is 537 g/mol. The Morgan fingerprint density at radius 2 is 1.74 bits per heavy atom. The highest BCUT2D eigenvalue weighted by Gasteiger charge is 2.38. The van der Waals surface area contributed by atoms with Crippen LogP contribution in [0.1, 0.15) is 36.8 Å². The molecule has 3 aromatic rings. The average Bonchev–Trinajstić information content (AvgIpc) is 3.10. The van der Waals surface area contributed by atoms with Crippen molar-refractivity contribution in [2.75, 3.05) is 35.8 Å². The second kappa shape index (κ2) is 10.3. The molecule has 1 saturated carbocycles. The Hall–Kier alpha value is -2.91. The zero-order valence-corrected chi connectivity index (χ0v) is 22.6. The fraction of sp³-hybridized carbons (Fsp3) is 0.448. The minimum atomic E-state index is -2.54. The van der Waals surface area contributed by atoms with Crippen LogP contribution in [0.2, 0.25) is 0 Å². The lowest BCUT2D eigenvalue weighted by atomic mass is 9.91. The van der Waals surface area contributed by atoms with Crippen LogP contribution in [0.25, 0.3) is 11.3 Å². The third kappa shape index (κ3) is 5.45. The van der Waals surface area contributed by atoms with Crippen LogP contribution in [0.5, 0.6) is 5.88 Å². The summed E-state index contributed by atoms with van der Waals surface area (Å²) < 4.78 is 37.8. The molecular weight excluding hydrogens is 504 g/mol. The molecule has 0 spiro atoms. The van der Waals surface area contributed by atoms with Gasteiger partial charge < -0.3 is 9.64 Å². The molecule has 1 unspecified atom stereocenters. The van der Waals surface area contributed by atoms with Crippen molar-refractivity contribution >= 4 is 23.6 Å². The summed E-state index contributed by atoms with van der Waals surface area (Å²) in [6.07, 6.45) is 0.781. The molecule has 6 rings (SSSR count). The third-order valence-corrected chi connectivity index (χ3v) is 8.67. The molecule has 1 N–H and O–H groups in total. The topological polar surface area (TPSA) is 53.5 Å². The number of hydrogen-bond donors (Lipinski definition) is 1. The zero-order chi connectivity index (χ0) is 26.3. The molecule has 38 heavy (non-hydrogen) atoms. The summed E-state index contributed by atoms with van der Waals surface area (Å²) >= 11 is 1.48. The van der Waals surface area contributed by atoms with E-state index in [0.717, 1.165) is 46.1 Å². The first-order valence-electron chi connectivity index (χ1n) is 13.4. The van der Waals surface area contributed by atoms with Gasteiger partial charge in [-0.3, -0.25) is 9.62 Å². The fourth-order valence-corrected chi connectivity index (χ4v) is 6.55. The van der Waals surface area contributed by atoms with Gasteiger partial charge in [0, 0.05) is 60.7 Å². The summed E-state index contributed by atoms with van der Waals surface area (Å²) in [7, 11) is 0. The Morgan fingerprint density at radius 3 is 2.53 bits per heavy atom. The number of halogens is 2. The van der Waals surface area contributed by atoms with Crippen LogP contribution in [0.4, 0.5) is 20.4 Å². The number of fused-ring (bicyclic) bond motifs is 7. The quantitative estimate of drug-likeness (QED) is 0.383. The Bertz CT molecular complexity index is 1290. The van der Waals surface area contributed by atoms with Crippen LogP contribution in [-0.4, -0.2) is 59.1 Å². The Morgan fingerprint density at radius 1 is 0.974 bits per heavy atom. The molecule has 1 saturated heterocycles. The average molecular weight is 538 g/mol. The van der Waals surface area contributed by atoms with Crippen LogP contribution >= 0.6 is 11.9 Å². The predicted octanol–water partition coefficient (Wildman–Crippen LogP) is 6.34. The molecule has 0 amide bonds. The van der Waals surface area contributed by atoms with Gasteiger partial charge in [0.05, 0.1) is 12.2 Å². The normalized spacial score (nSPS) is 21.9. The smallest absolute Gasteiger partial charge is 0.248 e. The molecule has 2 fully saturated rings. The van der Waals surface area contributed by atoms with Crippen molar-refractivity contribution in [1.29, 1.82) is 0 Å². The number of nitrogens with zero attached hydrogens (tertiary/aromatic N) is 4. The second-order valence-corrected chi connectivity index (χ2v) is 11.5. The molecule has 1 atom stereocenters. The molecule has 1 aromatic heterocycles. The minimum Gasteiger partial charge on any atom is -0.471 e. The Balaban J connectivity index is 1.37. The van der Waals surface area contributed by atoms with Crippen LogP contribution in [0, 0.1) is 13.8 Å². The maximum absolute atomic E-state index is 13.9. The number of alkyl halides is 2. The van der Waals surface area contributed by atoms with E-state index in [0.29, 0.717) is 37.8 Å². The van der Waals surface area contributed by atoms with Crippen molar-refractivity contribution in [2.24, 2.45) is 0 Å². The first-order valence-corrected chi connectivity index (χ1v) is 14.2. The minimum absolute atomic E-state index is 0.0389. The standard InChI is InChI=1S/C29H33F2N5OS/c1-19-5-3-6-20(2)27(19)25-16-26-33-28(32-25)34-38-24-8-4-7-22(15-24)36-14-13-35(17-23(18-36)37-26)21-9-11-29(30,31)12-10-21/h3-8,15-16,21,23H,9-14,17-18H2,1-2H3,(H,32,33,34). The van der Waals surface area contributed by atoms with Gasteiger partial charge in [0.15, 0.2) is 0 Å². The number of anilines is 2. The van der Waals surface area contributed by atoms with Gasteiger partial charge in [-0.25, -0.2) is 13.8 Å². The summed E-state index contributed by atoms with van der Waals surface area (Å²) in [4.78, 5) is 15.4. The largest absolute Gasteiger partial charge is 0.471 e. The van der Waals surface area contributed by atoms with Crippen LogP contribution in [0.15, 0.2) is 53.4 Å². The van der Waals surface area contributed by atoms with E-state index in [-0.39, 0.29) is 25.0 Å². The van der Waals surface area contributed by atoms with Gasteiger partial charge in [0.25, 0.3) is 0 Å². The van der Waals surface area contributed by atoms with Crippen LogP contribution in [0.3, 0.4) is 0 Å². The molecule has 2 aliphatic heterocycles. The van der Waals surface area contributed by atoms with Crippen molar-refractivity contribution in [1.82, 2.24) is 14.9 Å². The zero-order valence-electron chi connectivity index (χ0n) is 21.8. The maximum Gasteiger partial charge on any atom is 0.248 e. The van der Waals surface area contributed by atoms with Gasteiger partial charge in [-0.15, -0.1) is 0 Å². The van der Waals surface area contributed by atoms with Crippen molar-refractivity contribution in [3.63, 3.8) is 0 Å². The van der Waals surface area contributed by atoms with Crippen LogP contribution < -0.4 is 14.4 Å². The highest BCUT2D eigenvalue weighted by atomic mass is 32.2. The predicted molar refractivity (Wildman–Crippen MR) is 148 cm³/mol. The lowest BCUT2D eigenvalue weighted by Crippen LogP contribution is -2.45. The number of aryl methyl sites for hydroxylation is 2. The van der Waals surface area contributed by atoms with Crippen molar-refractivity contribution in [3.05, 3.63) is 59.7 Å². The summed E-state index contributed by atoms with van der Waals surface area (Å²) in [6, 6.07) is 16.7. The summed E-state index contributed by atoms with van der Waals surface area (Å²) in [6.45, 7) is 7.17. The molecule has 6 bridgehead atoms. The highest BCUT2D eigenvalue weighted by Crippen LogP contribution is 2.36. The first-order chi connectivity index (χ1) is 18.3. The van der Waals surface area contributed by atoms with E-state index in [1.165, 1.54) is 11.9 Å². The molecular formula is C29H33F2N5OS. The summed E-state index contributed by atoms with van der Waals surface area (Å²) in [5.41, 5.74) is 5.31. The molecule has 200 valence electrons. The van der Waals surface area contributed by atoms with Crippen molar-refractivity contribution in [3.8, 4) is 17.1 Å². The van der Waals surface area contributed by atoms with Gasteiger partial charge >= 0.3 is 0 Å². The number of nitrogens with one attached hydrogen (secondary N) is 1. The van der Waals surface area contributed by atoms with E-state index >= 15 is 0 Å². The maximum atomic E-state index is 13.9. The Kier molecular flexibility index (Phi) is 6.90. The highest BCUT2D eigenvalue weighted by molar-refractivity contribution is 8.00. The number of hydrogen-bond acceptors (Lipinski definition) is 7. The van der Waals surface area contributed by atoms with Gasteiger partial charge in [0.1, 0.15) is 6.10 Å². The van der Waals surface area contributed by atoms with E-state index in [1.54, 1.807) is 0 Å². The SMILES string of the molecule is Cc1cccc(C)c1-c1cc2nc(n1)NSc1cccc(c1)N1CCN(C3CCC(F)(F)CC3)CC(C1)O2. The van der Waals surface area contributed by atoms with Gasteiger partial charge in [-0.2, -0.15) is 4.98 Å². The molecule has 3 heterocycles. The summed E-state index contributed by atoms with van der Waals surface area (Å²) in [5.74, 6) is -1.52. The molecule has 3 aliphatic rings. The van der Waals surface area contributed by atoms with Gasteiger partial charge in [-0.1, -0.05) is 24.3 Å². The van der Waals surface area contributed by atoms with Crippen molar-refractivity contribution in [2.45, 2.75) is 62.5 Å².